The number of sulfonamides is 1. The molecule has 0 aliphatic heterocycles. The van der Waals surface area contributed by atoms with E-state index in [1.807, 2.05) is 0 Å². The highest BCUT2D eigenvalue weighted by Crippen LogP contribution is 2.31. The number of nitrogens with one attached hydrogen (secondary N) is 1. The number of rotatable bonds is 5. The molecule has 104 valence electrons. The number of amides is 1. The van der Waals surface area contributed by atoms with E-state index >= 15 is 0 Å². The number of carbonyl (C=O) groups is 1. The van der Waals surface area contributed by atoms with Crippen LogP contribution in [0.2, 0.25) is 0 Å². The molecule has 0 saturated heterocycles. The Balaban J connectivity index is 2.08. The molecule has 1 fully saturated rings. The van der Waals surface area contributed by atoms with Gasteiger partial charge in [0.1, 0.15) is 0 Å². The Kier molecular flexibility index (Phi) is 3.91. The Hall–Kier alpha value is -1.40. The second-order valence-electron chi connectivity index (χ2n) is 5.01. The molecule has 1 aromatic carbocycles. The van der Waals surface area contributed by atoms with E-state index in [4.69, 9.17) is 5.14 Å². The molecule has 0 atom stereocenters. The van der Waals surface area contributed by atoms with Gasteiger partial charge in [-0.2, -0.15) is 0 Å². The number of primary sulfonamides is 1. The predicted octanol–water partition coefficient (Wildman–Crippen LogP) is 1.17. The third kappa shape index (κ3) is 3.78. The molecule has 1 amide bonds. The Morgan fingerprint density at radius 2 is 2.11 bits per heavy atom. The summed E-state index contributed by atoms with van der Waals surface area (Å²) in [4.78, 5) is 11.9. The summed E-state index contributed by atoms with van der Waals surface area (Å²) in [5, 5.41) is 7.91. The Bertz CT molecular complexity index is 592. The van der Waals surface area contributed by atoms with Gasteiger partial charge in [0, 0.05) is 12.1 Å². The Morgan fingerprint density at radius 1 is 1.42 bits per heavy atom. The van der Waals surface area contributed by atoms with Crippen molar-refractivity contribution in [2.75, 3.05) is 6.54 Å². The van der Waals surface area contributed by atoms with Crippen molar-refractivity contribution in [2.24, 2.45) is 11.1 Å². The van der Waals surface area contributed by atoms with Crippen LogP contribution < -0.4 is 10.5 Å². The minimum Gasteiger partial charge on any atom is -0.352 e. The largest absolute Gasteiger partial charge is 0.352 e. The normalized spacial score (nSPS) is 15.3. The lowest BCUT2D eigenvalue weighted by molar-refractivity contribution is 0.0952. The zero-order chi connectivity index (χ0) is 14.0. The van der Waals surface area contributed by atoms with Crippen LogP contribution in [-0.4, -0.2) is 20.9 Å². The fourth-order valence-electron chi connectivity index (χ4n) is 1.95. The van der Waals surface area contributed by atoms with Gasteiger partial charge in [0.15, 0.2) is 0 Å². The van der Waals surface area contributed by atoms with Crippen LogP contribution in [0.1, 0.15) is 35.2 Å². The first-order chi connectivity index (χ1) is 8.88. The number of benzene rings is 1. The van der Waals surface area contributed by atoms with E-state index in [2.05, 4.69) is 5.32 Å². The van der Waals surface area contributed by atoms with Gasteiger partial charge in [0.05, 0.1) is 4.90 Å². The lowest BCUT2D eigenvalue weighted by atomic mass is 10.1. The zero-order valence-corrected chi connectivity index (χ0v) is 11.7. The lowest BCUT2D eigenvalue weighted by Crippen LogP contribution is -2.25. The number of hydrogen-bond donors (Lipinski definition) is 2. The molecule has 5 nitrogen and oxygen atoms in total. The zero-order valence-electron chi connectivity index (χ0n) is 10.8. The molecule has 0 heterocycles. The fourth-order valence-corrected chi connectivity index (χ4v) is 2.75. The van der Waals surface area contributed by atoms with Gasteiger partial charge in [-0.3, -0.25) is 4.79 Å². The summed E-state index contributed by atoms with van der Waals surface area (Å²) in [6.07, 6.45) is 3.48. The van der Waals surface area contributed by atoms with Crippen molar-refractivity contribution < 1.29 is 13.2 Å². The molecule has 1 aliphatic carbocycles. The molecule has 19 heavy (non-hydrogen) atoms. The minimum atomic E-state index is -3.79. The van der Waals surface area contributed by atoms with Crippen molar-refractivity contribution in [3.05, 3.63) is 29.3 Å². The second-order valence-corrected chi connectivity index (χ2v) is 6.54. The molecule has 2 rings (SSSR count). The highest BCUT2D eigenvalue weighted by atomic mass is 32.2. The van der Waals surface area contributed by atoms with E-state index in [-0.39, 0.29) is 10.8 Å². The Morgan fingerprint density at radius 3 is 2.68 bits per heavy atom. The van der Waals surface area contributed by atoms with Gasteiger partial charge >= 0.3 is 0 Å². The molecule has 0 radical (unpaired) electrons. The summed E-state index contributed by atoms with van der Waals surface area (Å²) in [6.45, 7) is 2.27. The van der Waals surface area contributed by atoms with Gasteiger partial charge in [-0.15, -0.1) is 0 Å². The first-order valence-corrected chi connectivity index (χ1v) is 7.84. The molecule has 1 aromatic rings. The number of aryl methyl sites for hydroxylation is 1. The lowest BCUT2D eigenvalue weighted by Gasteiger charge is -2.08. The summed E-state index contributed by atoms with van der Waals surface area (Å²) in [6, 6.07) is 4.53. The summed E-state index contributed by atoms with van der Waals surface area (Å²) in [5.41, 5.74) is 0.863. The summed E-state index contributed by atoms with van der Waals surface area (Å²) in [7, 11) is -3.79. The quantitative estimate of drug-likeness (QED) is 0.849. The van der Waals surface area contributed by atoms with Gasteiger partial charge < -0.3 is 5.32 Å². The smallest absolute Gasteiger partial charge is 0.251 e. The van der Waals surface area contributed by atoms with Crippen molar-refractivity contribution in [1.29, 1.82) is 0 Å². The maximum absolute atomic E-state index is 11.9. The van der Waals surface area contributed by atoms with Crippen LogP contribution in [-0.2, 0) is 10.0 Å². The van der Waals surface area contributed by atoms with Crippen molar-refractivity contribution in [2.45, 2.75) is 31.1 Å². The van der Waals surface area contributed by atoms with Gasteiger partial charge in [-0.05, 0) is 37.0 Å². The van der Waals surface area contributed by atoms with Crippen LogP contribution >= 0.6 is 0 Å². The van der Waals surface area contributed by atoms with Crippen LogP contribution in [0.3, 0.4) is 0 Å². The molecule has 0 unspecified atom stereocenters. The molecule has 1 saturated carbocycles. The molecule has 0 aromatic heterocycles. The topological polar surface area (TPSA) is 89.3 Å². The monoisotopic (exact) mass is 282 g/mol. The van der Waals surface area contributed by atoms with E-state index < -0.39 is 10.0 Å². The number of hydrogen-bond acceptors (Lipinski definition) is 3. The second kappa shape index (κ2) is 5.30. The fraction of sp³-hybridized carbons (Fsp3) is 0.462. The van der Waals surface area contributed by atoms with E-state index in [0.717, 1.165) is 12.3 Å². The molecule has 0 bridgehead atoms. The van der Waals surface area contributed by atoms with E-state index in [1.54, 1.807) is 19.1 Å². The summed E-state index contributed by atoms with van der Waals surface area (Å²) < 4.78 is 22.8. The SMILES string of the molecule is Cc1ccc(C(=O)NCCC2CC2)cc1S(N)(=O)=O. The van der Waals surface area contributed by atoms with Gasteiger partial charge in [0.2, 0.25) is 10.0 Å². The first kappa shape index (κ1) is 14.0. The predicted molar refractivity (Wildman–Crippen MR) is 72.2 cm³/mol. The Labute approximate surface area is 113 Å². The van der Waals surface area contributed by atoms with Crippen LogP contribution in [0.5, 0.6) is 0 Å². The van der Waals surface area contributed by atoms with Crippen LogP contribution in [0, 0.1) is 12.8 Å². The average Bonchev–Trinajstić information content (AvgIpc) is 3.12. The number of nitrogens with two attached hydrogens (primary N) is 1. The van der Waals surface area contributed by atoms with E-state index in [0.29, 0.717) is 17.7 Å². The van der Waals surface area contributed by atoms with Crippen LogP contribution in [0.15, 0.2) is 23.1 Å². The third-order valence-corrected chi connectivity index (χ3v) is 4.34. The minimum absolute atomic E-state index is 0.00217. The molecule has 6 heteroatoms. The molecular weight excluding hydrogens is 264 g/mol. The number of carbonyl (C=O) groups excluding carboxylic acids is 1. The molecule has 3 N–H and O–H groups in total. The highest BCUT2D eigenvalue weighted by Gasteiger charge is 2.21. The van der Waals surface area contributed by atoms with Crippen molar-refractivity contribution in [1.82, 2.24) is 5.32 Å². The molecular formula is C13H18N2O3S. The van der Waals surface area contributed by atoms with Gasteiger partial charge in [0.25, 0.3) is 5.91 Å². The molecule has 1 aliphatic rings. The maximum atomic E-state index is 11.9. The standard InChI is InChI=1S/C13H18N2O3S/c1-9-2-5-11(8-12(9)19(14,17)18)13(16)15-7-6-10-3-4-10/h2,5,8,10H,3-4,6-7H2,1H3,(H,15,16)(H2,14,17,18). The van der Waals surface area contributed by atoms with Gasteiger partial charge in [-0.25, -0.2) is 13.6 Å². The van der Waals surface area contributed by atoms with Crippen LogP contribution in [0.4, 0.5) is 0 Å². The van der Waals surface area contributed by atoms with E-state index in [9.17, 15) is 13.2 Å². The first-order valence-electron chi connectivity index (χ1n) is 6.29. The summed E-state index contributed by atoms with van der Waals surface area (Å²) >= 11 is 0. The van der Waals surface area contributed by atoms with Crippen molar-refractivity contribution in [3.8, 4) is 0 Å². The van der Waals surface area contributed by atoms with Crippen molar-refractivity contribution >= 4 is 15.9 Å². The van der Waals surface area contributed by atoms with E-state index in [1.165, 1.54) is 18.9 Å². The third-order valence-electron chi connectivity index (χ3n) is 3.29. The average molecular weight is 282 g/mol. The molecule has 0 spiro atoms. The maximum Gasteiger partial charge on any atom is 0.251 e. The van der Waals surface area contributed by atoms with Crippen LogP contribution in [0.25, 0.3) is 0 Å². The van der Waals surface area contributed by atoms with Gasteiger partial charge in [-0.1, -0.05) is 18.9 Å². The highest BCUT2D eigenvalue weighted by molar-refractivity contribution is 7.89. The summed E-state index contributed by atoms with van der Waals surface area (Å²) in [5.74, 6) is 0.490. The van der Waals surface area contributed by atoms with Crippen molar-refractivity contribution in [3.63, 3.8) is 0 Å².